The van der Waals surface area contributed by atoms with Crippen LogP contribution in [-0.4, -0.2) is 19.9 Å². The largest absolute Gasteiger partial charge is 0.378 e. The van der Waals surface area contributed by atoms with Gasteiger partial charge in [0.05, 0.1) is 0 Å². The van der Waals surface area contributed by atoms with Crippen LogP contribution in [0.15, 0.2) is 54.6 Å². The highest BCUT2D eigenvalue weighted by molar-refractivity contribution is 6.32. The molecule has 2 fully saturated rings. The molecule has 2 nitrogen and oxygen atoms in total. The van der Waals surface area contributed by atoms with Crippen molar-refractivity contribution in [2.45, 2.75) is 19.3 Å². The third kappa shape index (κ3) is 2.21. The average Bonchev–Trinajstić information content (AvgIpc) is 3.35. The zero-order valence-electron chi connectivity index (χ0n) is 15.5. The predicted molar refractivity (Wildman–Crippen MR) is 107 cm³/mol. The maximum atomic E-state index is 13.5. The second kappa shape index (κ2) is 5.84. The van der Waals surface area contributed by atoms with E-state index in [2.05, 4.69) is 55.4 Å². The van der Waals surface area contributed by atoms with Gasteiger partial charge in [-0.05, 0) is 65.8 Å². The van der Waals surface area contributed by atoms with Crippen LogP contribution in [0.2, 0.25) is 0 Å². The number of ketones is 1. The second-order valence-corrected chi connectivity index (χ2v) is 8.35. The fraction of sp³-hybridized carbons (Fsp3) is 0.375. The minimum absolute atomic E-state index is 0.229. The first-order chi connectivity index (χ1) is 12.6. The molecule has 0 heterocycles. The molecule has 5 rings (SSSR count). The zero-order chi connectivity index (χ0) is 17.8. The number of hydrogen-bond acceptors (Lipinski definition) is 2. The van der Waals surface area contributed by atoms with Crippen LogP contribution in [0, 0.1) is 23.7 Å². The molecular weight excluding hydrogens is 318 g/mol. The third-order valence-electron chi connectivity index (χ3n) is 6.83. The topological polar surface area (TPSA) is 20.3 Å². The van der Waals surface area contributed by atoms with Crippen LogP contribution in [0.5, 0.6) is 0 Å². The molecule has 2 heteroatoms. The van der Waals surface area contributed by atoms with Gasteiger partial charge >= 0.3 is 0 Å². The summed E-state index contributed by atoms with van der Waals surface area (Å²) in [5.41, 5.74) is 5.85. The molecule has 0 radical (unpaired) electrons. The van der Waals surface area contributed by atoms with E-state index in [1.807, 2.05) is 18.2 Å². The summed E-state index contributed by atoms with van der Waals surface area (Å²) in [6.07, 6.45) is 3.79. The monoisotopic (exact) mass is 343 g/mol. The number of nitrogens with zero attached hydrogens (tertiary/aromatic N) is 1. The van der Waals surface area contributed by atoms with Crippen molar-refractivity contribution in [2.24, 2.45) is 23.7 Å². The molecule has 0 amide bonds. The van der Waals surface area contributed by atoms with E-state index >= 15 is 0 Å². The molecular formula is C24H25NO. The second-order valence-electron chi connectivity index (χ2n) is 8.35. The molecule has 3 aliphatic rings. The molecule has 3 aliphatic carbocycles. The maximum Gasteiger partial charge on any atom is 0.167 e. The summed E-state index contributed by atoms with van der Waals surface area (Å²) in [6.45, 7) is 0. The van der Waals surface area contributed by atoms with Gasteiger partial charge in [0.2, 0.25) is 0 Å². The zero-order valence-corrected chi connectivity index (χ0v) is 15.5. The minimum Gasteiger partial charge on any atom is -0.378 e. The van der Waals surface area contributed by atoms with Crippen molar-refractivity contribution in [2.75, 3.05) is 19.0 Å². The van der Waals surface area contributed by atoms with E-state index in [1.54, 1.807) is 0 Å². The Morgan fingerprint density at radius 3 is 2.12 bits per heavy atom. The van der Waals surface area contributed by atoms with E-state index in [4.69, 9.17) is 0 Å². The highest BCUT2D eigenvalue weighted by atomic mass is 16.1. The summed E-state index contributed by atoms with van der Waals surface area (Å²) in [5.74, 6) is 2.36. The lowest BCUT2D eigenvalue weighted by atomic mass is 9.77. The van der Waals surface area contributed by atoms with E-state index < -0.39 is 0 Å². The SMILES string of the molecule is CN(C)c1ccc(C2=C(c3ccccc3)C(=O)C3C2[C@@H]2CC[C@H]3C2)cc1. The smallest absolute Gasteiger partial charge is 0.167 e. The molecule has 2 aromatic rings. The van der Waals surface area contributed by atoms with Gasteiger partial charge in [-0.2, -0.15) is 0 Å². The van der Waals surface area contributed by atoms with Crippen LogP contribution in [0.4, 0.5) is 5.69 Å². The third-order valence-corrected chi connectivity index (χ3v) is 6.83. The Bertz CT molecular complexity index is 878. The van der Waals surface area contributed by atoms with E-state index in [9.17, 15) is 4.79 Å². The van der Waals surface area contributed by atoms with Gasteiger partial charge in [-0.3, -0.25) is 4.79 Å². The number of allylic oxidation sites excluding steroid dienone is 2. The van der Waals surface area contributed by atoms with Crippen LogP contribution in [0.1, 0.15) is 30.4 Å². The van der Waals surface area contributed by atoms with Crippen molar-refractivity contribution in [1.29, 1.82) is 0 Å². The summed E-state index contributed by atoms with van der Waals surface area (Å²) >= 11 is 0. The van der Waals surface area contributed by atoms with Crippen molar-refractivity contribution in [3.8, 4) is 0 Å². The highest BCUT2D eigenvalue weighted by Gasteiger charge is 2.57. The molecule has 2 unspecified atom stereocenters. The average molecular weight is 343 g/mol. The number of hydrogen-bond donors (Lipinski definition) is 0. The van der Waals surface area contributed by atoms with Crippen molar-refractivity contribution < 1.29 is 4.79 Å². The Hall–Kier alpha value is -2.35. The standard InChI is InChI=1S/C24H25NO/c1-25(2)19-12-10-16(11-13-19)20-21-17-8-9-18(14-17)23(21)24(26)22(20)15-6-4-3-5-7-15/h3-7,10-13,17-18,21,23H,8-9,14H2,1-2H3/t17-,18+,21?,23?/m1/s1. The maximum absolute atomic E-state index is 13.5. The van der Waals surface area contributed by atoms with Crippen molar-refractivity contribution in [3.05, 3.63) is 65.7 Å². The molecule has 0 saturated heterocycles. The number of carbonyl (C=O) groups excluding carboxylic acids is 1. The van der Waals surface area contributed by atoms with Crippen LogP contribution in [0.25, 0.3) is 11.1 Å². The number of fused-ring (bicyclic) bond motifs is 5. The van der Waals surface area contributed by atoms with Gasteiger partial charge in [-0.15, -0.1) is 0 Å². The number of Topliss-reactive ketones (excluding diaryl/α,β-unsaturated/α-hetero) is 1. The fourth-order valence-corrected chi connectivity index (χ4v) is 5.73. The van der Waals surface area contributed by atoms with Gasteiger partial charge in [0.25, 0.3) is 0 Å². The summed E-state index contributed by atoms with van der Waals surface area (Å²) in [7, 11) is 4.13. The number of rotatable bonds is 3. The minimum atomic E-state index is 0.229. The molecule has 26 heavy (non-hydrogen) atoms. The van der Waals surface area contributed by atoms with E-state index in [-0.39, 0.29) is 5.92 Å². The first kappa shape index (κ1) is 15.9. The molecule has 2 bridgehead atoms. The van der Waals surface area contributed by atoms with Gasteiger partial charge in [-0.1, -0.05) is 42.5 Å². The van der Waals surface area contributed by atoms with Gasteiger partial charge in [0.1, 0.15) is 0 Å². The Labute approximate surface area is 155 Å². The first-order valence-electron chi connectivity index (χ1n) is 9.76. The van der Waals surface area contributed by atoms with Crippen LogP contribution >= 0.6 is 0 Å². The van der Waals surface area contributed by atoms with Crippen molar-refractivity contribution in [1.82, 2.24) is 0 Å². The Kier molecular flexibility index (Phi) is 3.56. The fourth-order valence-electron chi connectivity index (χ4n) is 5.73. The number of anilines is 1. The summed E-state index contributed by atoms with van der Waals surface area (Å²) in [6, 6.07) is 19.1. The van der Waals surface area contributed by atoms with Crippen LogP contribution in [-0.2, 0) is 4.79 Å². The number of benzene rings is 2. The molecule has 132 valence electrons. The van der Waals surface area contributed by atoms with Crippen LogP contribution in [0.3, 0.4) is 0 Å². The van der Waals surface area contributed by atoms with Gasteiger partial charge in [0.15, 0.2) is 5.78 Å². The quantitative estimate of drug-likeness (QED) is 0.789. The first-order valence-corrected chi connectivity index (χ1v) is 9.76. The van der Waals surface area contributed by atoms with Crippen LogP contribution < -0.4 is 4.90 Å². The highest BCUT2D eigenvalue weighted by Crippen LogP contribution is 2.62. The molecule has 0 spiro atoms. The summed E-state index contributed by atoms with van der Waals surface area (Å²) in [4.78, 5) is 15.6. The lowest BCUT2D eigenvalue weighted by molar-refractivity contribution is -0.118. The molecule has 0 aliphatic heterocycles. The lowest BCUT2D eigenvalue weighted by Gasteiger charge is -2.26. The summed E-state index contributed by atoms with van der Waals surface area (Å²) in [5, 5.41) is 0. The Balaban J connectivity index is 1.68. The van der Waals surface area contributed by atoms with Crippen molar-refractivity contribution in [3.63, 3.8) is 0 Å². The van der Waals surface area contributed by atoms with Gasteiger partial charge < -0.3 is 4.90 Å². The molecule has 2 aromatic carbocycles. The normalized spacial score (nSPS) is 29.4. The lowest BCUT2D eigenvalue weighted by Crippen LogP contribution is -2.24. The molecule has 2 saturated carbocycles. The number of carbonyl (C=O) groups is 1. The summed E-state index contributed by atoms with van der Waals surface area (Å²) < 4.78 is 0. The Morgan fingerprint density at radius 2 is 1.46 bits per heavy atom. The molecule has 4 atom stereocenters. The van der Waals surface area contributed by atoms with Crippen molar-refractivity contribution >= 4 is 22.6 Å². The predicted octanol–water partition coefficient (Wildman–Crippen LogP) is 4.91. The molecule has 0 aromatic heterocycles. The van der Waals surface area contributed by atoms with Gasteiger partial charge in [0, 0.05) is 31.3 Å². The molecule has 0 N–H and O–H groups in total. The van der Waals surface area contributed by atoms with Gasteiger partial charge in [-0.25, -0.2) is 0 Å². The van der Waals surface area contributed by atoms with E-state index in [1.165, 1.54) is 36.1 Å². The Morgan fingerprint density at radius 1 is 0.808 bits per heavy atom. The van der Waals surface area contributed by atoms with E-state index in [0.29, 0.717) is 23.5 Å². The van der Waals surface area contributed by atoms with E-state index in [0.717, 1.165) is 11.1 Å².